The van der Waals surface area contributed by atoms with Gasteiger partial charge in [0.05, 0.1) is 43.8 Å². The van der Waals surface area contributed by atoms with Gasteiger partial charge in [-0.2, -0.15) is 0 Å². The molecule has 4 fully saturated rings. The van der Waals surface area contributed by atoms with Crippen LogP contribution in [0.2, 0.25) is 0 Å². The first-order valence-corrected chi connectivity index (χ1v) is 22.5. The molecule has 342 valence electrons. The van der Waals surface area contributed by atoms with E-state index in [0.717, 1.165) is 55.4 Å². The first kappa shape index (κ1) is 46.3. The molecule has 62 heavy (non-hydrogen) atoms. The van der Waals surface area contributed by atoms with Crippen LogP contribution in [-0.2, 0) is 33.4 Å². The summed E-state index contributed by atoms with van der Waals surface area (Å²) in [6, 6.07) is 2.50. The number of nitrogens with zero attached hydrogens (tertiary/aromatic N) is 1. The second-order valence-corrected chi connectivity index (χ2v) is 21.0. The molecule has 4 amide bonds. The molecule has 0 aromatic carbocycles. The predicted molar refractivity (Wildman–Crippen MR) is 226 cm³/mol. The lowest BCUT2D eigenvalue weighted by Crippen LogP contribution is -2.61. The number of amides is 4. The van der Waals surface area contributed by atoms with Gasteiger partial charge in [0.1, 0.15) is 12.2 Å². The Morgan fingerprint density at radius 2 is 1.63 bits per heavy atom. The molecule has 3 heterocycles. The second kappa shape index (κ2) is 17.7. The summed E-state index contributed by atoms with van der Waals surface area (Å²) in [5.74, 6) is -0.857. The number of rotatable bonds is 15. The summed E-state index contributed by atoms with van der Waals surface area (Å²) < 4.78 is 23.5. The average Bonchev–Trinajstić information content (AvgIpc) is 3.68. The van der Waals surface area contributed by atoms with E-state index in [4.69, 9.17) is 18.6 Å². The van der Waals surface area contributed by atoms with E-state index in [1.807, 2.05) is 33.8 Å². The fourth-order valence-electron chi connectivity index (χ4n) is 11.8. The van der Waals surface area contributed by atoms with Gasteiger partial charge in [0.2, 0.25) is 11.8 Å². The molecule has 7 rings (SSSR count). The van der Waals surface area contributed by atoms with Crippen molar-refractivity contribution < 1.29 is 53.1 Å². The number of hydrogen-bond acceptors (Lipinski definition) is 12. The van der Waals surface area contributed by atoms with E-state index in [9.17, 15) is 39.3 Å². The van der Waals surface area contributed by atoms with Gasteiger partial charge in [0.15, 0.2) is 6.29 Å². The maximum Gasteiger partial charge on any atom is 0.335 e. The minimum atomic E-state index is -1.38. The highest BCUT2D eigenvalue weighted by Gasteiger charge is 2.66. The molecule has 4 aliphatic carbocycles. The Morgan fingerprint density at radius 1 is 0.903 bits per heavy atom. The third kappa shape index (κ3) is 9.26. The summed E-state index contributed by atoms with van der Waals surface area (Å²) in [5.41, 5.74) is -0.285. The number of imide groups is 1. The third-order valence-corrected chi connectivity index (χ3v) is 15.4. The van der Waals surface area contributed by atoms with Crippen molar-refractivity contribution in [1.82, 2.24) is 15.5 Å². The lowest BCUT2D eigenvalue weighted by Gasteiger charge is -2.62. The standard InChI is InChI=1S/C47H67N3O12/c1-43(2,26-59-27-44(3,4)25-48-35(51)16-20-50-37(53)10-11-38(50)54)22-36(52)49-34-24-61-42(41(57)40(34)56)62-30-13-17-45(5)29(21-30)8-9-33-32(45)14-18-46(6)31(15-19-47(33,46)58)28-7-12-39(55)60-23-28/h7,10-12,21,23,30-34,40-42,56-58H,8-9,13-20,22,24-27H2,1-6H3,(H,48,51)(H,49,52)/t30-,31+,32?,33?,34-,40?,41?,42+,45-,46+,47?/m0/s1. The largest absolute Gasteiger partial charge is 0.431 e. The van der Waals surface area contributed by atoms with Crippen molar-refractivity contribution in [1.29, 1.82) is 0 Å². The number of hydrogen-bond donors (Lipinski definition) is 5. The molecule has 6 aliphatic rings. The van der Waals surface area contributed by atoms with Crippen LogP contribution in [0.1, 0.15) is 117 Å². The van der Waals surface area contributed by atoms with Crippen LogP contribution in [0.4, 0.5) is 0 Å². The Hall–Kier alpha value is -3.73. The fourth-order valence-corrected chi connectivity index (χ4v) is 11.8. The van der Waals surface area contributed by atoms with Crippen molar-refractivity contribution in [2.75, 3.05) is 32.9 Å². The van der Waals surface area contributed by atoms with E-state index in [2.05, 4.69) is 30.6 Å². The zero-order valence-corrected chi connectivity index (χ0v) is 37.2. The number of carbonyl (C=O) groups is 4. The molecule has 15 heteroatoms. The van der Waals surface area contributed by atoms with Crippen molar-refractivity contribution >= 4 is 23.6 Å². The topological polar surface area (TPSA) is 214 Å². The Labute approximate surface area is 364 Å². The van der Waals surface area contributed by atoms with E-state index < -0.39 is 52.8 Å². The second-order valence-electron chi connectivity index (χ2n) is 21.0. The van der Waals surface area contributed by atoms with Crippen LogP contribution in [-0.4, -0.2) is 113 Å². The van der Waals surface area contributed by atoms with Crippen molar-refractivity contribution in [3.8, 4) is 0 Å². The number of carbonyl (C=O) groups excluding carboxylic acids is 4. The van der Waals surface area contributed by atoms with Crippen LogP contribution in [0.3, 0.4) is 0 Å². The van der Waals surface area contributed by atoms with Crippen LogP contribution in [0.15, 0.2) is 51.4 Å². The Bertz CT molecular complexity index is 1960. The normalized spacial score (nSPS) is 35.8. The number of allylic oxidation sites excluding steroid dienone is 1. The van der Waals surface area contributed by atoms with Crippen molar-refractivity contribution in [3.63, 3.8) is 0 Å². The van der Waals surface area contributed by atoms with E-state index >= 15 is 0 Å². The lowest BCUT2D eigenvalue weighted by atomic mass is 9.45. The molecular formula is C47H67N3O12. The average molecular weight is 866 g/mol. The van der Waals surface area contributed by atoms with Gasteiger partial charge in [0, 0.05) is 55.0 Å². The van der Waals surface area contributed by atoms with Crippen molar-refractivity contribution in [3.05, 3.63) is 58.2 Å². The molecule has 0 spiro atoms. The fraction of sp³-hybridized carbons (Fsp3) is 0.723. The molecule has 3 saturated carbocycles. The van der Waals surface area contributed by atoms with Crippen molar-refractivity contribution in [2.45, 2.75) is 148 Å². The van der Waals surface area contributed by atoms with Gasteiger partial charge >= 0.3 is 5.63 Å². The van der Waals surface area contributed by atoms with Crippen LogP contribution in [0.5, 0.6) is 0 Å². The van der Waals surface area contributed by atoms with Crippen LogP contribution in [0.25, 0.3) is 0 Å². The van der Waals surface area contributed by atoms with Gasteiger partial charge in [-0.15, -0.1) is 0 Å². The number of aliphatic hydroxyl groups excluding tert-OH is 2. The van der Waals surface area contributed by atoms with E-state index in [1.165, 1.54) is 23.8 Å². The molecule has 1 aromatic heterocycles. The molecule has 1 aromatic rings. The summed E-state index contributed by atoms with van der Waals surface area (Å²) in [5, 5.41) is 40.5. The zero-order valence-electron chi connectivity index (χ0n) is 37.2. The number of fused-ring (bicyclic) bond motifs is 5. The summed E-state index contributed by atoms with van der Waals surface area (Å²) in [4.78, 5) is 61.7. The Morgan fingerprint density at radius 3 is 2.34 bits per heavy atom. The number of nitrogens with one attached hydrogen (secondary N) is 2. The SMILES string of the molecule is CC(C)(CNC(=O)CCN1C(=O)C=CC1=O)COCC(C)(C)CC(=O)N[C@H]1CO[C@H](O[C@@H]2C=C3CCC4C(CC[C@]5(C)[C@@H](c6ccc(=O)oc6)CCC45O)[C@@]3(C)CC2)C(O)C1O. The van der Waals surface area contributed by atoms with Crippen LogP contribution < -0.4 is 16.3 Å². The highest BCUT2D eigenvalue weighted by Crippen LogP contribution is 2.70. The smallest absolute Gasteiger partial charge is 0.335 e. The summed E-state index contributed by atoms with van der Waals surface area (Å²) in [7, 11) is 0. The van der Waals surface area contributed by atoms with Crippen LogP contribution in [0, 0.1) is 33.5 Å². The van der Waals surface area contributed by atoms with E-state index in [-0.39, 0.29) is 78.8 Å². The third-order valence-electron chi connectivity index (χ3n) is 15.4. The molecular weight excluding hydrogens is 799 g/mol. The predicted octanol–water partition coefficient (Wildman–Crippen LogP) is 3.64. The first-order valence-electron chi connectivity index (χ1n) is 22.5. The molecule has 5 N–H and O–H groups in total. The van der Waals surface area contributed by atoms with Crippen molar-refractivity contribution in [2.24, 2.45) is 33.5 Å². The molecule has 0 bridgehead atoms. The summed E-state index contributed by atoms with van der Waals surface area (Å²) >= 11 is 0. The van der Waals surface area contributed by atoms with Gasteiger partial charge in [0.25, 0.3) is 11.8 Å². The highest BCUT2D eigenvalue weighted by molar-refractivity contribution is 6.13. The highest BCUT2D eigenvalue weighted by atomic mass is 16.7. The van der Waals surface area contributed by atoms with Gasteiger partial charge < -0.3 is 44.6 Å². The van der Waals surface area contributed by atoms with Gasteiger partial charge in [-0.05, 0) is 91.6 Å². The minimum absolute atomic E-state index is 0.000799. The molecule has 15 nitrogen and oxygen atoms in total. The molecule has 11 atom stereocenters. The van der Waals surface area contributed by atoms with Gasteiger partial charge in [-0.25, -0.2) is 4.79 Å². The summed E-state index contributed by atoms with van der Waals surface area (Å²) in [6.45, 7) is 13.1. The van der Waals surface area contributed by atoms with Gasteiger partial charge in [-0.1, -0.05) is 53.2 Å². The zero-order chi connectivity index (χ0) is 44.8. The first-order chi connectivity index (χ1) is 29.1. The minimum Gasteiger partial charge on any atom is -0.431 e. The number of aliphatic hydroxyl groups is 3. The van der Waals surface area contributed by atoms with Gasteiger partial charge in [-0.3, -0.25) is 24.1 Å². The maximum absolute atomic E-state index is 13.2. The molecule has 0 radical (unpaired) electrons. The quantitative estimate of drug-likeness (QED) is 0.126. The van der Waals surface area contributed by atoms with E-state index in [1.54, 1.807) is 6.26 Å². The maximum atomic E-state index is 13.2. The molecule has 5 unspecified atom stereocenters. The summed E-state index contributed by atoms with van der Waals surface area (Å²) in [6.07, 6.45) is 8.91. The number of ether oxygens (including phenoxy) is 3. The monoisotopic (exact) mass is 865 g/mol. The Balaban J connectivity index is 0.847. The molecule has 1 saturated heterocycles. The molecule has 2 aliphatic heterocycles. The Kier molecular flexibility index (Phi) is 13.2. The van der Waals surface area contributed by atoms with Crippen LogP contribution >= 0.6 is 0 Å². The lowest BCUT2D eigenvalue weighted by molar-refractivity contribution is -0.262. The van der Waals surface area contributed by atoms with E-state index in [0.29, 0.717) is 25.5 Å².